The van der Waals surface area contributed by atoms with Crippen LogP contribution in [0.3, 0.4) is 0 Å². The zero-order valence-electron chi connectivity index (χ0n) is 5.07. The summed E-state index contributed by atoms with van der Waals surface area (Å²) in [5, 5.41) is 10.7. The fourth-order valence-electron chi connectivity index (χ4n) is 0.454. The summed E-state index contributed by atoms with van der Waals surface area (Å²) in [6.45, 7) is 3.52. The number of hydrogen-bond donors (Lipinski definition) is 2. The van der Waals surface area contributed by atoms with Crippen LogP contribution in [0.1, 0.15) is 0 Å². The number of aliphatic imine (C=N–C) groups is 1. The van der Waals surface area contributed by atoms with Gasteiger partial charge in [0.25, 0.3) is 0 Å². The van der Waals surface area contributed by atoms with Crippen LogP contribution in [-0.2, 0) is 0 Å². The molecule has 0 saturated carbocycles. The number of hydrogen-bond acceptors (Lipinski definition) is 4. The molecule has 0 saturated heterocycles. The maximum absolute atomic E-state index is 10.2. The van der Waals surface area contributed by atoms with Gasteiger partial charge in [-0.15, -0.1) is 0 Å². The third kappa shape index (κ3) is 1.66. The van der Waals surface area contributed by atoms with Gasteiger partial charge in [-0.1, -0.05) is 0 Å². The first-order valence-electron chi connectivity index (χ1n) is 2.44. The van der Waals surface area contributed by atoms with Crippen molar-refractivity contribution in [3.8, 4) is 0 Å². The van der Waals surface area contributed by atoms with Crippen molar-refractivity contribution in [1.29, 1.82) is 0 Å². The van der Waals surface area contributed by atoms with Crippen LogP contribution in [0.2, 0.25) is 0 Å². The number of rotatable bonds is 1. The van der Waals surface area contributed by atoms with Gasteiger partial charge < -0.3 is 10.8 Å². The molecule has 0 spiro atoms. The SMILES string of the molecule is C=[N+]1NC=C(N=C(N)[O-])S1. The molecular formula is C4H6N4OS. The van der Waals surface area contributed by atoms with E-state index in [0.717, 1.165) is 0 Å². The second kappa shape index (κ2) is 2.61. The monoisotopic (exact) mass is 158 g/mol. The lowest BCUT2D eigenvalue weighted by Crippen LogP contribution is -2.27. The van der Waals surface area contributed by atoms with Crippen LogP contribution in [0.15, 0.2) is 16.2 Å². The van der Waals surface area contributed by atoms with Crippen molar-refractivity contribution in [2.45, 2.75) is 0 Å². The molecule has 1 heterocycles. The molecule has 1 aliphatic heterocycles. The van der Waals surface area contributed by atoms with E-state index in [0.29, 0.717) is 5.03 Å². The van der Waals surface area contributed by atoms with Crippen LogP contribution in [0.5, 0.6) is 0 Å². The molecule has 5 nitrogen and oxygen atoms in total. The molecule has 0 radical (unpaired) electrons. The highest BCUT2D eigenvalue weighted by molar-refractivity contribution is 7.97. The summed E-state index contributed by atoms with van der Waals surface area (Å²) in [6, 6.07) is -0.698. The minimum atomic E-state index is -0.698. The lowest BCUT2D eigenvalue weighted by atomic mass is 10.9. The smallest absolute Gasteiger partial charge is 0.250 e. The third-order valence-corrected chi connectivity index (χ3v) is 1.48. The standard InChI is InChI=1S/C4H6N4OS/c1-8-6-2-3(10-8)7-4(5)9/h2,6H,1H2,(H2-,5,7,9). The van der Waals surface area contributed by atoms with Gasteiger partial charge in [-0.05, 0) is 4.09 Å². The lowest BCUT2D eigenvalue weighted by Gasteiger charge is -1.97. The predicted molar refractivity (Wildman–Crippen MR) is 37.8 cm³/mol. The summed E-state index contributed by atoms with van der Waals surface area (Å²) >= 11 is 1.20. The second-order valence-electron chi connectivity index (χ2n) is 1.53. The van der Waals surface area contributed by atoms with Crippen molar-refractivity contribution in [2.24, 2.45) is 10.7 Å². The van der Waals surface area contributed by atoms with Gasteiger partial charge in [0, 0.05) is 0 Å². The molecule has 0 amide bonds. The maximum Gasteiger partial charge on any atom is 0.250 e. The summed E-state index contributed by atoms with van der Waals surface area (Å²) < 4.78 is 1.46. The Balaban J connectivity index is 2.61. The number of hydrazine groups is 1. The van der Waals surface area contributed by atoms with Crippen LogP contribution in [0, 0.1) is 0 Å². The van der Waals surface area contributed by atoms with Gasteiger partial charge in [0.15, 0.2) is 11.7 Å². The molecule has 0 unspecified atom stereocenters. The average molecular weight is 158 g/mol. The minimum Gasteiger partial charge on any atom is -0.846 e. The topological polar surface area (TPSA) is 76.5 Å². The van der Waals surface area contributed by atoms with Gasteiger partial charge in [0.05, 0.1) is 12.2 Å². The Hall–Kier alpha value is -1.17. The van der Waals surface area contributed by atoms with Crippen LogP contribution < -0.4 is 16.3 Å². The van der Waals surface area contributed by atoms with Crippen molar-refractivity contribution in [1.82, 2.24) is 5.43 Å². The van der Waals surface area contributed by atoms with E-state index in [1.165, 1.54) is 16.0 Å². The van der Waals surface area contributed by atoms with E-state index in [1.54, 1.807) is 6.20 Å². The first-order valence-corrected chi connectivity index (χ1v) is 3.22. The van der Waals surface area contributed by atoms with Gasteiger partial charge >= 0.3 is 0 Å². The molecule has 0 fully saturated rings. The number of nitrogens with one attached hydrogen (secondary N) is 1. The molecule has 0 aromatic carbocycles. The third-order valence-electron chi connectivity index (χ3n) is 0.756. The van der Waals surface area contributed by atoms with E-state index >= 15 is 0 Å². The van der Waals surface area contributed by atoms with E-state index in [-0.39, 0.29) is 0 Å². The molecule has 3 N–H and O–H groups in total. The number of nitrogens with two attached hydrogens (primary N) is 1. The molecule has 0 aromatic rings. The fraction of sp³-hybridized carbons (Fsp3) is 0. The Morgan fingerprint density at radius 3 is 3.10 bits per heavy atom. The van der Waals surface area contributed by atoms with Crippen LogP contribution >= 0.6 is 11.9 Å². The zero-order valence-corrected chi connectivity index (χ0v) is 5.89. The predicted octanol–water partition coefficient (Wildman–Crippen LogP) is -1.66. The molecule has 1 rings (SSSR count). The summed E-state index contributed by atoms with van der Waals surface area (Å²) in [5.41, 5.74) is 7.49. The van der Waals surface area contributed by atoms with Crippen molar-refractivity contribution in [3.05, 3.63) is 11.2 Å². The van der Waals surface area contributed by atoms with Crippen LogP contribution in [-0.4, -0.2) is 16.8 Å². The normalized spacial score (nSPS) is 18.6. The Bertz CT molecular complexity index is 217. The van der Waals surface area contributed by atoms with Gasteiger partial charge in [-0.2, -0.15) is 5.43 Å². The second-order valence-corrected chi connectivity index (χ2v) is 2.57. The van der Waals surface area contributed by atoms with E-state index in [4.69, 9.17) is 5.73 Å². The first-order chi connectivity index (χ1) is 4.68. The van der Waals surface area contributed by atoms with E-state index < -0.39 is 6.02 Å². The molecule has 0 bridgehead atoms. The van der Waals surface area contributed by atoms with Crippen molar-refractivity contribution < 1.29 is 9.20 Å². The molecule has 0 aromatic heterocycles. The lowest BCUT2D eigenvalue weighted by molar-refractivity contribution is -0.391. The fourth-order valence-corrected chi connectivity index (χ4v) is 1.02. The molecule has 1 aliphatic rings. The van der Waals surface area contributed by atoms with E-state index in [2.05, 4.69) is 17.1 Å². The van der Waals surface area contributed by atoms with Crippen LogP contribution in [0.25, 0.3) is 0 Å². The highest BCUT2D eigenvalue weighted by atomic mass is 32.2. The molecule has 10 heavy (non-hydrogen) atoms. The average Bonchev–Trinajstić information content (AvgIpc) is 2.13. The molecule has 0 atom stereocenters. The molecule has 54 valence electrons. The summed E-state index contributed by atoms with van der Waals surface area (Å²) in [7, 11) is 0. The van der Waals surface area contributed by atoms with Crippen molar-refractivity contribution in [2.75, 3.05) is 0 Å². The summed E-state index contributed by atoms with van der Waals surface area (Å²) in [4.78, 5) is 3.45. The highest BCUT2D eigenvalue weighted by Gasteiger charge is 2.14. The Kier molecular flexibility index (Phi) is 1.81. The first kappa shape index (κ1) is 6.94. The molecule has 0 aliphatic carbocycles. The number of hydrazone groups is 1. The number of amidine groups is 1. The van der Waals surface area contributed by atoms with Gasteiger partial charge in [-0.25, -0.2) is 4.99 Å². The Labute approximate surface area is 62.1 Å². The largest absolute Gasteiger partial charge is 0.846 e. The highest BCUT2D eigenvalue weighted by Crippen LogP contribution is 2.19. The summed E-state index contributed by atoms with van der Waals surface area (Å²) in [6.07, 6.45) is 1.54. The zero-order chi connectivity index (χ0) is 7.56. The molecular weight excluding hydrogens is 152 g/mol. The van der Waals surface area contributed by atoms with Crippen molar-refractivity contribution >= 4 is 24.7 Å². The minimum absolute atomic E-state index is 0.516. The Morgan fingerprint density at radius 2 is 2.70 bits per heavy atom. The number of nitrogens with zero attached hydrogens (tertiary/aromatic N) is 2. The van der Waals surface area contributed by atoms with Gasteiger partial charge in [0.2, 0.25) is 11.9 Å². The van der Waals surface area contributed by atoms with E-state index in [9.17, 15) is 5.11 Å². The van der Waals surface area contributed by atoms with Gasteiger partial charge in [0.1, 0.15) is 0 Å². The van der Waals surface area contributed by atoms with Crippen LogP contribution in [0.4, 0.5) is 0 Å². The van der Waals surface area contributed by atoms with E-state index in [1.807, 2.05) is 0 Å². The maximum atomic E-state index is 10.2. The summed E-state index contributed by atoms with van der Waals surface area (Å²) in [5.74, 6) is 0. The van der Waals surface area contributed by atoms with Gasteiger partial charge in [-0.3, -0.25) is 0 Å². The Morgan fingerprint density at radius 1 is 2.00 bits per heavy atom. The quantitative estimate of drug-likeness (QED) is 0.207. The van der Waals surface area contributed by atoms with Crippen molar-refractivity contribution in [3.63, 3.8) is 0 Å². The molecule has 6 heteroatoms.